The summed E-state index contributed by atoms with van der Waals surface area (Å²) in [5, 5.41) is 2.77. The van der Waals surface area contributed by atoms with E-state index in [4.69, 9.17) is 14.2 Å². The molecule has 7 nitrogen and oxygen atoms in total. The highest BCUT2D eigenvalue weighted by Crippen LogP contribution is 2.34. The predicted molar refractivity (Wildman–Crippen MR) is 130 cm³/mol. The zero-order chi connectivity index (χ0) is 23.9. The first-order valence-corrected chi connectivity index (χ1v) is 11.2. The third-order valence-electron chi connectivity index (χ3n) is 5.82. The number of carbonyl (C=O) groups is 2. The average Bonchev–Trinajstić information content (AvgIpc) is 3.37. The minimum Gasteiger partial charge on any atom is -0.497 e. The molecular formula is C27H28N2O5. The van der Waals surface area contributed by atoms with Gasteiger partial charge in [-0.05, 0) is 66.9 Å². The molecule has 0 radical (unpaired) electrons. The van der Waals surface area contributed by atoms with Gasteiger partial charge in [-0.3, -0.25) is 9.59 Å². The molecule has 3 aromatic rings. The van der Waals surface area contributed by atoms with Crippen LogP contribution >= 0.6 is 0 Å². The molecule has 1 aliphatic rings. The van der Waals surface area contributed by atoms with Crippen LogP contribution in [0.3, 0.4) is 0 Å². The zero-order valence-corrected chi connectivity index (χ0v) is 19.3. The first kappa shape index (κ1) is 23.2. The Bertz CT molecular complexity index is 1150. The number of likely N-dealkylation sites (tertiary alicyclic amines) is 1. The van der Waals surface area contributed by atoms with Crippen LogP contribution in [-0.2, 0) is 4.79 Å². The number of hydrogen-bond donors (Lipinski definition) is 1. The van der Waals surface area contributed by atoms with Crippen LogP contribution < -0.4 is 19.5 Å². The van der Waals surface area contributed by atoms with Crippen molar-refractivity contribution < 1.29 is 23.8 Å². The van der Waals surface area contributed by atoms with E-state index >= 15 is 0 Å². The van der Waals surface area contributed by atoms with E-state index in [9.17, 15) is 9.59 Å². The topological polar surface area (TPSA) is 77.1 Å². The van der Waals surface area contributed by atoms with Crippen molar-refractivity contribution in [3.05, 3.63) is 83.9 Å². The summed E-state index contributed by atoms with van der Waals surface area (Å²) >= 11 is 0. The van der Waals surface area contributed by atoms with Crippen molar-refractivity contribution in [2.24, 2.45) is 0 Å². The number of benzene rings is 3. The Morgan fingerprint density at radius 1 is 0.912 bits per heavy atom. The lowest BCUT2D eigenvalue weighted by Crippen LogP contribution is -2.30. The largest absolute Gasteiger partial charge is 0.497 e. The van der Waals surface area contributed by atoms with Crippen molar-refractivity contribution in [2.75, 3.05) is 32.7 Å². The summed E-state index contributed by atoms with van der Waals surface area (Å²) in [5.41, 5.74) is 2.29. The lowest BCUT2D eigenvalue weighted by molar-refractivity contribution is -0.118. The fourth-order valence-corrected chi connectivity index (χ4v) is 4.11. The van der Waals surface area contributed by atoms with Crippen LogP contribution in [-0.4, -0.2) is 44.1 Å². The van der Waals surface area contributed by atoms with E-state index < -0.39 is 0 Å². The minimum atomic E-state index is -0.286. The molecule has 34 heavy (non-hydrogen) atoms. The van der Waals surface area contributed by atoms with Crippen molar-refractivity contribution in [1.82, 2.24) is 4.90 Å². The van der Waals surface area contributed by atoms with E-state index in [1.807, 2.05) is 29.2 Å². The molecule has 0 aromatic heterocycles. The molecule has 1 saturated heterocycles. The number of nitrogens with one attached hydrogen (secondary N) is 1. The number of ether oxygens (including phenoxy) is 3. The molecule has 1 unspecified atom stereocenters. The van der Waals surface area contributed by atoms with Crippen molar-refractivity contribution in [3.63, 3.8) is 0 Å². The number of rotatable bonds is 8. The number of nitrogens with zero attached hydrogens (tertiary/aromatic N) is 1. The maximum Gasteiger partial charge on any atom is 0.262 e. The number of amides is 2. The Morgan fingerprint density at radius 2 is 1.62 bits per heavy atom. The normalized spacial score (nSPS) is 15.0. The maximum absolute atomic E-state index is 13.2. The number of hydrogen-bond acceptors (Lipinski definition) is 5. The van der Waals surface area contributed by atoms with Gasteiger partial charge in [-0.1, -0.05) is 18.2 Å². The third-order valence-corrected chi connectivity index (χ3v) is 5.82. The van der Waals surface area contributed by atoms with E-state index in [2.05, 4.69) is 5.32 Å². The fourth-order valence-electron chi connectivity index (χ4n) is 4.11. The molecule has 0 spiro atoms. The SMILES string of the molecule is COc1cccc(NC(=O)COc2ccc(C(=O)N3CCCC3c3cccc(OC)c3)cc2)c1. The summed E-state index contributed by atoms with van der Waals surface area (Å²) in [6.45, 7) is 0.567. The van der Waals surface area contributed by atoms with Crippen LogP contribution in [0.25, 0.3) is 0 Å². The third kappa shape index (κ3) is 5.49. The van der Waals surface area contributed by atoms with Gasteiger partial charge in [0.05, 0.1) is 20.3 Å². The molecular weight excluding hydrogens is 432 g/mol. The van der Waals surface area contributed by atoms with Gasteiger partial charge in [-0.2, -0.15) is 0 Å². The van der Waals surface area contributed by atoms with Gasteiger partial charge in [-0.15, -0.1) is 0 Å². The molecule has 176 valence electrons. The number of methoxy groups -OCH3 is 2. The van der Waals surface area contributed by atoms with Gasteiger partial charge in [0.2, 0.25) is 0 Å². The highest BCUT2D eigenvalue weighted by atomic mass is 16.5. The van der Waals surface area contributed by atoms with Crippen molar-refractivity contribution >= 4 is 17.5 Å². The van der Waals surface area contributed by atoms with Gasteiger partial charge in [0.15, 0.2) is 6.61 Å². The molecule has 1 fully saturated rings. The summed E-state index contributed by atoms with van der Waals surface area (Å²) in [7, 11) is 3.21. The number of anilines is 1. The Balaban J connectivity index is 1.35. The summed E-state index contributed by atoms with van der Waals surface area (Å²) in [4.78, 5) is 27.3. The number of carbonyl (C=O) groups excluding carboxylic acids is 2. The first-order valence-electron chi connectivity index (χ1n) is 11.2. The van der Waals surface area contributed by atoms with E-state index in [-0.39, 0.29) is 24.5 Å². The second-order valence-corrected chi connectivity index (χ2v) is 8.03. The van der Waals surface area contributed by atoms with Gasteiger partial charge in [0.1, 0.15) is 17.2 Å². The van der Waals surface area contributed by atoms with Crippen molar-refractivity contribution in [2.45, 2.75) is 18.9 Å². The molecule has 7 heteroatoms. The van der Waals surface area contributed by atoms with E-state index in [0.717, 1.165) is 24.2 Å². The molecule has 0 saturated carbocycles. The quantitative estimate of drug-likeness (QED) is 0.527. The smallest absolute Gasteiger partial charge is 0.262 e. The standard InChI is InChI=1S/C27H28N2O5/c1-32-23-8-3-6-20(16-23)25-10-5-15-29(25)27(31)19-11-13-22(14-12-19)34-18-26(30)28-21-7-4-9-24(17-21)33-2/h3-4,6-9,11-14,16-17,25H,5,10,15,18H2,1-2H3,(H,28,30). The Morgan fingerprint density at radius 3 is 2.35 bits per heavy atom. The molecule has 2 amide bonds. The van der Waals surface area contributed by atoms with Crippen LogP contribution in [0.1, 0.15) is 34.8 Å². The molecule has 0 bridgehead atoms. The average molecular weight is 461 g/mol. The van der Waals surface area contributed by atoms with Crippen molar-refractivity contribution in [1.29, 1.82) is 0 Å². The lowest BCUT2D eigenvalue weighted by atomic mass is 10.0. The summed E-state index contributed by atoms with van der Waals surface area (Å²) in [6, 6.07) is 21.9. The Labute approximate surface area is 199 Å². The highest BCUT2D eigenvalue weighted by Gasteiger charge is 2.30. The van der Waals surface area contributed by atoms with Crippen LogP contribution in [0.2, 0.25) is 0 Å². The van der Waals surface area contributed by atoms with Gasteiger partial charge in [0.25, 0.3) is 11.8 Å². The molecule has 1 N–H and O–H groups in total. The molecule has 1 atom stereocenters. The summed E-state index contributed by atoms with van der Waals surface area (Å²) < 4.78 is 16.1. The highest BCUT2D eigenvalue weighted by molar-refractivity contribution is 5.95. The fraction of sp³-hybridized carbons (Fsp3) is 0.259. The molecule has 0 aliphatic carbocycles. The van der Waals surface area contributed by atoms with Crippen LogP contribution in [0.15, 0.2) is 72.8 Å². The van der Waals surface area contributed by atoms with Gasteiger partial charge in [0, 0.05) is 23.9 Å². The van der Waals surface area contributed by atoms with E-state index in [0.29, 0.717) is 29.3 Å². The first-order chi connectivity index (χ1) is 16.6. The molecule has 1 aliphatic heterocycles. The summed E-state index contributed by atoms with van der Waals surface area (Å²) in [6.07, 6.45) is 1.87. The van der Waals surface area contributed by atoms with Crippen LogP contribution in [0.5, 0.6) is 17.2 Å². The molecule has 3 aromatic carbocycles. The Hall–Kier alpha value is -4.00. The summed E-state index contributed by atoms with van der Waals surface area (Å²) in [5.74, 6) is 1.65. The zero-order valence-electron chi connectivity index (χ0n) is 19.3. The monoisotopic (exact) mass is 460 g/mol. The van der Waals surface area contributed by atoms with Crippen LogP contribution in [0, 0.1) is 0 Å². The van der Waals surface area contributed by atoms with Gasteiger partial charge < -0.3 is 24.4 Å². The second-order valence-electron chi connectivity index (χ2n) is 8.03. The van der Waals surface area contributed by atoms with Gasteiger partial charge >= 0.3 is 0 Å². The maximum atomic E-state index is 13.2. The van der Waals surface area contributed by atoms with Crippen LogP contribution in [0.4, 0.5) is 5.69 Å². The second kappa shape index (κ2) is 10.7. The molecule has 1 heterocycles. The van der Waals surface area contributed by atoms with Gasteiger partial charge in [-0.25, -0.2) is 0 Å². The minimum absolute atomic E-state index is 0.0207. The Kier molecular flexibility index (Phi) is 7.32. The van der Waals surface area contributed by atoms with E-state index in [1.54, 1.807) is 62.8 Å². The van der Waals surface area contributed by atoms with E-state index in [1.165, 1.54) is 0 Å². The van der Waals surface area contributed by atoms with Crippen molar-refractivity contribution in [3.8, 4) is 17.2 Å². The predicted octanol–water partition coefficient (Wildman–Crippen LogP) is 4.70. The molecule has 4 rings (SSSR count). The lowest BCUT2D eigenvalue weighted by Gasteiger charge is -2.25.